The first-order chi connectivity index (χ1) is 10.8. The minimum Gasteiger partial charge on any atom is -0.103 e. The maximum Gasteiger partial charge on any atom is 0.0983 e. The number of hydrogen-bond donors (Lipinski definition) is 0. The minimum atomic E-state index is -0.0980. The van der Waals surface area contributed by atoms with E-state index in [1.54, 1.807) is 0 Å². The third kappa shape index (κ3) is 3.40. The van der Waals surface area contributed by atoms with E-state index < -0.39 is 0 Å². The van der Waals surface area contributed by atoms with Gasteiger partial charge in [0.25, 0.3) is 0 Å². The van der Waals surface area contributed by atoms with Crippen LogP contribution in [0.15, 0.2) is 107 Å². The summed E-state index contributed by atoms with van der Waals surface area (Å²) < 4.78 is -0.0980. The Labute approximate surface area is 141 Å². The molecule has 0 saturated carbocycles. The highest BCUT2D eigenvalue weighted by molar-refractivity contribution is 8.18. The Hall–Kier alpha value is -1.64. The topological polar surface area (TPSA) is 0 Å². The van der Waals surface area contributed by atoms with Crippen molar-refractivity contribution in [3.8, 4) is 0 Å². The summed E-state index contributed by atoms with van der Waals surface area (Å²) in [4.78, 5) is 2.55. The second-order valence-electron chi connectivity index (χ2n) is 5.06. The molecule has 1 atom stereocenters. The number of benzene rings is 2. The standard InChI is InChI=1S/C20H18S2/c1-2-17-11-9-10-16-20(17,21-18-12-5-3-6-13-18)22-19-14-7-4-8-15-19/h2-17H,1H2. The molecule has 110 valence electrons. The van der Waals surface area contributed by atoms with Crippen molar-refractivity contribution >= 4 is 23.5 Å². The molecule has 2 aromatic carbocycles. The predicted octanol–water partition coefficient (Wildman–Crippen LogP) is 6.20. The van der Waals surface area contributed by atoms with Crippen molar-refractivity contribution in [2.45, 2.75) is 13.9 Å². The van der Waals surface area contributed by atoms with Crippen LogP contribution in [0.4, 0.5) is 0 Å². The van der Waals surface area contributed by atoms with Gasteiger partial charge in [-0.2, -0.15) is 0 Å². The average molecular weight is 322 g/mol. The van der Waals surface area contributed by atoms with Crippen LogP contribution in [0.1, 0.15) is 0 Å². The molecule has 0 aromatic heterocycles. The molecule has 1 aliphatic rings. The molecule has 2 aromatic rings. The van der Waals surface area contributed by atoms with E-state index >= 15 is 0 Å². The van der Waals surface area contributed by atoms with Crippen molar-refractivity contribution in [1.82, 2.24) is 0 Å². The Kier molecular flexibility index (Phi) is 4.91. The van der Waals surface area contributed by atoms with Gasteiger partial charge in [0.2, 0.25) is 0 Å². The number of allylic oxidation sites excluding steroid dienone is 4. The molecule has 0 heterocycles. The first-order valence-corrected chi connectivity index (χ1v) is 8.92. The molecule has 22 heavy (non-hydrogen) atoms. The summed E-state index contributed by atoms with van der Waals surface area (Å²) >= 11 is 3.79. The molecule has 3 rings (SSSR count). The molecule has 0 aliphatic heterocycles. The summed E-state index contributed by atoms with van der Waals surface area (Å²) in [6.45, 7) is 4.05. The normalized spacial score (nSPS) is 19.0. The lowest BCUT2D eigenvalue weighted by Gasteiger charge is -2.36. The second kappa shape index (κ2) is 7.08. The summed E-state index contributed by atoms with van der Waals surface area (Å²) in [7, 11) is 0. The highest BCUT2D eigenvalue weighted by Crippen LogP contribution is 2.53. The Morgan fingerprint density at radius 1 is 0.818 bits per heavy atom. The van der Waals surface area contributed by atoms with Gasteiger partial charge < -0.3 is 0 Å². The lowest BCUT2D eigenvalue weighted by molar-refractivity contribution is 0.793. The molecule has 0 amide bonds. The van der Waals surface area contributed by atoms with Gasteiger partial charge >= 0.3 is 0 Å². The third-order valence-electron chi connectivity index (χ3n) is 3.52. The van der Waals surface area contributed by atoms with E-state index in [1.165, 1.54) is 9.79 Å². The van der Waals surface area contributed by atoms with E-state index in [4.69, 9.17) is 0 Å². The fourth-order valence-electron chi connectivity index (χ4n) is 2.43. The molecule has 0 bridgehead atoms. The molecular weight excluding hydrogens is 304 g/mol. The Morgan fingerprint density at radius 3 is 1.86 bits per heavy atom. The summed E-state index contributed by atoms with van der Waals surface area (Å²) in [5.41, 5.74) is 0. The van der Waals surface area contributed by atoms with Gasteiger partial charge in [-0.15, -0.1) is 30.1 Å². The lowest BCUT2D eigenvalue weighted by atomic mass is 10.00. The second-order valence-corrected chi connectivity index (χ2v) is 8.02. The zero-order chi connectivity index (χ0) is 15.3. The van der Waals surface area contributed by atoms with Crippen LogP contribution < -0.4 is 0 Å². The van der Waals surface area contributed by atoms with Gasteiger partial charge in [0.1, 0.15) is 0 Å². The van der Waals surface area contributed by atoms with Crippen LogP contribution in [0.25, 0.3) is 0 Å². The van der Waals surface area contributed by atoms with Gasteiger partial charge in [-0.3, -0.25) is 0 Å². The van der Waals surface area contributed by atoms with Crippen molar-refractivity contribution < 1.29 is 0 Å². The van der Waals surface area contributed by atoms with Gasteiger partial charge in [-0.1, -0.05) is 66.8 Å². The van der Waals surface area contributed by atoms with Gasteiger partial charge in [0, 0.05) is 15.7 Å². The van der Waals surface area contributed by atoms with E-state index in [1.807, 2.05) is 29.6 Å². The van der Waals surface area contributed by atoms with Crippen molar-refractivity contribution in [2.24, 2.45) is 5.92 Å². The van der Waals surface area contributed by atoms with E-state index in [0.717, 1.165) is 0 Å². The van der Waals surface area contributed by atoms with Crippen LogP contribution in [0.2, 0.25) is 0 Å². The quantitative estimate of drug-likeness (QED) is 0.475. The maximum absolute atomic E-state index is 4.05. The van der Waals surface area contributed by atoms with E-state index in [9.17, 15) is 0 Å². The summed E-state index contributed by atoms with van der Waals surface area (Å²) in [5, 5.41) is 0. The van der Waals surface area contributed by atoms with Crippen molar-refractivity contribution in [2.75, 3.05) is 0 Å². The van der Waals surface area contributed by atoms with Gasteiger partial charge in [0.15, 0.2) is 0 Å². The first-order valence-electron chi connectivity index (χ1n) is 7.29. The molecular formula is C20H18S2. The fourth-order valence-corrected chi connectivity index (χ4v) is 5.41. The van der Waals surface area contributed by atoms with Crippen LogP contribution in [-0.2, 0) is 0 Å². The van der Waals surface area contributed by atoms with Gasteiger partial charge in [-0.25, -0.2) is 0 Å². The first kappa shape index (κ1) is 15.3. The molecule has 0 fully saturated rings. The average Bonchev–Trinajstić information content (AvgIpc) is 2.57. The summed E-state index contributed by atoms with van der Waals surface area (Å²) in [6.07, 6.45) is 10.8. The molecule has 0 radical (unpaired) electrons. The van der Waals surface area contributed by atoms with E-state index in [0.29, 0.717) is 0 Å². The van der Waals surface area contributed by atoms with Crippen molar-refractivity contribution in [3.05, 3.63) is 97.6 Å². The third-order valence-corrected chi connectivity index (χ3v) is 6.49. The molecule has 2 heteroatoms. The lowest BCUT2D eigenvalue weighted by Crippen LogP contribution is -2.27. The fraction of sp³-hybridized carbons (Fsp3) is 0.100. The zero-order valence-electron chi connectivity index (χ0n) is 12.3. The SMILES string of the molecule is C=CC1C=CC=CC1(Sc1ccccc1)Sc1ccccc1. The Morgan fingerprint density at radius 2 is 1.36 bits per heavy atom. The highest BCUT2D eigenvalue weighted by atomic mass is 32.2. The van der Waals surface area contributed by atoms with Gasteiger partial charge in [-0.05, 0) is 24.3 Å². The van der Waals surface area contributed by atoms with Crippen LogP contribution in [-0.4, -0.2) is 4.08 Å². The number of rotatable bonds is 5. The molecule has 1 aliphatic carbocycles. The Balaban J connectivity index is 1.96. The summed E-state index contributed by atoms with van der Waals surface area (Å²) in [6, 6.07) is 21.2. The van der Waals surface area contributed by atoms with E-state index in [-0.39, 0.29) is 10.00 Å². The number of thioether (sulfide) groups is 2. The Bertz CT molecular complexity index is 630. The van der Waals surface area contributed by atoms with Gasteiger partial charge in [0.05, 0.1) is 4.08 Å². The maximum atomic E-state index is 4.05. The highest BCUT2D eigenvalue weighted by Gasteiger charge is 2.37. The monoisotopic (exact) mass is 322 g/mol. The largest absolute Gasteiger partial charge is 0.103 e. The van der Waals surface area contributed by atoms with Crippen LogP contribution in [0.5, 0.6) is 0 Å². The van der Waals surface area contributed by atoms with Crippen LogP contribution >= 0.6 is 23.5 Å². The molecule has 0 nitrogen and oxygen atoms in total. The molecule has 1 unspecified atom stereocenters. The molecule has 0 saturated heterocycles. The van der Waals surface area contributed by atoms with Crippen LogP contribution in [0.3, 0.4) is 0 Å². The smallest absolute Gasteiger partial charge is 0.0983 e. The number of hydrogen-bond acceptors (Lipinski definition) is 2. The van der Waals surface area contributed by atoms with Crippen LogP contribution in [0, 0.1) is 5.92 Å². The predicted molar refractivity (Wildman–Crippen MR) is 99.3 cm³/mol. The van der Waals surface area contributed by atoms with E-state index in [2.05, 4.69) is 91.5 Å². The zero-order valence-corrected chi connectivity index (χ0v) is 13.9. The minimum absolute atomic E-state index is 0.0980. The molecule has 0 spiro atoms. The molecule has 0 N–H and O–H groups in total. The summed E-state index contributed by atoms with van der Waals surface area (Å²) in [5.74, 6) is 0.285. The van der Waals surface area contributed by atoms with Crippen molar-refractivity contribution in [3.63, 3.8) is 0 Å². The van der Waals surface area contributed by atoms with Crippen molar-refractivity contribution in [1.29, 1.82) is 0 Å².